The fourth-order valence-electron chi connectivity index (χ4n) is 2.10. The number of phenolic OH excluding ortho intramolecular Hbond substituents is 1. The molecule has 122 valence electrons. The number of anilines is 1. The number of benzene rings is 2. The van der Waals surface area contributed by atoms with Gasteiger partial charge in [0.1, 0.15) is 5.75 Å². The molecule has 2 aromatic rings. The molecule has 3 rings (SSSR count). The summed E-state index contributed by atoms with van der Waals surface area (Å²) in [5, 5.41) is 10.4. The van der Waals surface area contributed by atoms with E-state index in [0.29, 0.717) is 28.9 Å². The number of hydrogen-bond donors (Lipinski definition) is 1. The lowest BCUT2D eigenvalue weighted by Crippen LogP contribution is -2.27. The van der Waals surface area contributed by atoms with Gasteiger partial charge in [0.25, 0.3) is 5.91 Å². The lowest BCUT2D eigenvalue weighted by Gasteiger charge is -2.14. The maximum absolute atomic E-state index is 12.7. The third-order valence-corrected chi connectivity index (χ3v) is 5.98. The predicted octanol–water partition coefficient (Wildman–Crippen LogP) is 5.98. The summed E-state index contributed by atoms with van der Waals surface area (Å²) in [4.78, 5) is 14.7. The Kier molecular flexibility index (Phi) is 5.36. The monoisotopic (exact) mass is 503 g/mol. The SMILES string of the molecule is O=C1/C(=C\c2cc(Br)c(O)c(Br)c2)SC(=S)N1c1ccc(Cl)cc1. The van der Waals surface area contributed by atoms with Crippen LogP contribution >= 0.6 is 67.4 Å². The molecular formula is C16H8Br2ClNO2S2. The lowest BCUT2D eigenvalue weighted by molar-refractivity contribution is -0.113. The molecule has 1 N–H and O–H groups in total. The largest absolute Gasteiger partial charge is 0.506 e. The van der Waals surface area contributed by atoms with Crippen molar-refractivity contribution in [3.8, 4) is 5.75 Å². The smallest absolute Gasteiger partial charge is 0.270 e. The van der Waals surface area contributed by atoms with Gasteiger partial charge in [0, 0.05) is 5.02 Å². The van der Waals surface area contributed by atoms with Crippen LogP contribution in [0.15, 0.2) is 50.2 Å². The first-order chi connectivity index (χ1) is 11.4. The quantitative estimate of drug-likeness (QED) is 0.403. The molecule has 0 atom stereocenters. The van der Waals surface area contributed by atoms with Crippen LogP contribution in [-0.2, 0) is 4.79 Å². The van der Waals surface area contributed by atoms with Crippen molar-refractivity contribution in [2.45, 2.75) is 0 Å². The molecule has 1 fully saturated rings. The van der Waals surface area contributed by atoms with Gasteiger partial charge < -0.3 is 5.11 Å². The molecule has 2 aromatic carbocycles. The van der Waals surface area contributed by atoms with E-state index < -0.39 is 0 Å². The highest BCUT2D eigenvalue weighted by Crippen LogP contribution is 2.38. The molecule has 1 aliphatic rings. The topological polar surface area (TPSA) is 40.5 Å². The summed E-state index contributed by atoms with van der Waals surface area (Å²) in [6.45, 7) is 0. The summed E-state index contributed by atoms with van der Waals surface area (Å²) < 4.78 is 1.54. The molecule has 0 unspecified atom stereocenters. The van der Waals surface area contributed by atoms with Gasteiger partial charge in [-0.3, -0.25) is 9.69 Å². The van der Waals surface area contributed by atoms with Gasteiger partial charge in [-0.15, -0.1) is 0 Å². The number of aromatic hydroxyl groups is 1. The minimum absolute atomic E-state index is 0.112. The number of phenols is 1. The molecular weight excluding hydrogens is 498 g/mol. The normalized spacial score (nSPS) is 16.3. The minimum atomic E-state index is -0.187. The van der Waals surface area contributed by atoms with Crippen molar-refractivity contribution in [3.63, 3.8) is 0 Å². The van der Waals surface area contributed by atoms with Crippen molar-refractivity contribution in [1.82, 2.24) is 0 Å². The summed E-state index contributed by atoms with van der Waals surface area (Å²) >= 11 is 19.0. The van der Waals surface area contributed by atoms with Crippen LogP contribution in [0.1, 0.15) is 5.56 Å². The predicted molar refractivity (Wildman–Crippen MR) is 111 cm³/mol. The summed E-state index contributed by atoms with van der Waals surface area (Å²) in [5.74, 6) is -0.0755. The Balaban J connectivity index is 1.95. The summed E-state index contributed by atoms with van der Waals surface area (Å²) in [6, 6.07) is 10.4. The van der Waals surface area contributed by atoms with Gasteiger partial charge in [0.2, 0.25) is 0 Å². The number of hydrogen-bond acceptors (Lipinski definition) is 4. The Morgan fingerprint density at radius 2 is 1.75 bits per heavy atom. The molecule has 1 saturated heterocycles. The number of carbonyl (C=O) groups is 1. The fourth-order valence-corrected chi connectivity index (χ4v) is 4.75. The van der Waals surface area contributed by atoms with Crippen LogP contribution in [0.25, 0.3) is 6.08 Å². The van der Waals surface area contributed by atoms with Gasteiger partial charge in [0.15, 0.2) is 4.32 Å². The zero-order chi connectivity index (χ0) is 17.4. The molecule has 0 radical (unpaired) electrons. The molecule has 0 bridgehead atoms. The first-order valence-corrected chi connectivity index (χ1v) is 9.77. The van der Waals surface area contributed by atoms with E-state index >= 15 is 0 Å². The summed E-state index contributed by atoms with van der Waals surface area (Å²) in [6.07, 6.45) is 1.74. The maximum Gasteiger partial charge on any atom is 0.270 e. The molecule has 24 heavy (non-hydrogen) atoms. The van der Waals surface area contributed by atoms with Crippen molar-refractivity contribution in [2.75, 3.05) is 4.90 Å². The molecule has 0 aliphatic carbocycles. The average Bonchev–Trinajstić information content (AvgIpc) is 2.80. The van der Waals surface area contributed by atoms with Crippen LogP contribution in [0.4, 0.5) is 5.69 Å². The number of carbonyl (C=O) groups excluding carboxylic acids is 1. The van der Waals surface area contributed by atoms with E-state index in [9.17, 15) is 9.90 Å². The van der Waals surface area contributed by atoms with Gasteiger partial charge in [-0.25, -0.2) is 0 Å². The number of rotatable bonds is 2. The molecule has 0 spiro atoms. The van der Waals surface area contributed by atoms with Crippen LogP contribution < -0.4 is 4.90 Å². The lowest BCUT2D eigenvalue weighted by atomic mass is 10.2. The molecule has 0 aromatic heterocycles. The van der Waals surface area contributed by atoms with Crippen molar-refractivity contribution in [3.05, 3.63) is 60.8 Å². The number of halogens is 3. The molecule has 8 heteroatoms. The number of thiocarbonyl (C=S) groups is 1. The van der Waals surface area contributed by atoms with E-state index in [0.717, 1.165) is 5.56 Å². The second-order valence-corrected chi connectivity index (χ2v) is 8.65. The zero-order valence-electron chi connectivity index (χ0n) is 11.8. The van der Waals surface area contributed by atoms with Gasteiger partial charge >= 0.3 is 0 Å². The van der Waals surface area contributed by atoms with Crippen molar-refractivity contribution in [1.29, 1.82) is 0 Å². The Morgan fingerprint density at radius 1 is 1.17 bits per heavy atom. The van der Waals surface area contributed by atoms with Crippen molar-refractivity contribution >= 4 is 89.4 Å². The Bertz CT molecular complexity index is 861. The third-order valence-electron chi connectivity index (χ3n) is 3.22. The van der Waals surface area contributed by atoms with Crippen LogP contribution in [0.2, 0.25) is 5.02 Å². The van der Waals surface area contributed by atoms with E-state index in [-0.39, 0.29) is 11.7 Å². The van der Waals surface area contributed by atoms with E-state index in [1.807, 2.05) is 0 Å². The standard InChI is InChI=1S/C16H8Br2ClNO2S2/c17-11-5-8(6-12(18)14(11)21)7-13-15(22)20(16(23)24-13)10-3-1-9(19)2-4-10/h1-7,21H/b13-7+. The summed E-state index contributed by atoms with van der Waals surface area (Å²) in [7, 11) is 0. The maximum atomic E-state index is 12.7. The molecule has 1 aliphatic heterocycles. The van der Waals surface area contributed by atoms with E-state index in [2.05, 4.69) is 31.9 Å². The van der Waals surface area contributed by atoms with E-state index in [4.69, 9.17) is 23.8 Å². The van der Waals surface area contributed by atoms with Gasteiger partial charge in [-0.05, 0) is 79.9 Å². The van der Waals surface area contributed by atoms with Gasteiger partial charge in [-0.2, -0.15) is 0 Å². The average molecular weight is 506 g/mol. The van der Waals surface area contributed by atoms with Crippen LogP contribution in [0.5, 0.6) is 5.75 Å². The van der Waals surface area contributed by atoms with Gasteiger partial charge in [-0.1, -0.05) is 35.6 Å². The summed E-state index contributed by atoms with van der Waals surface area (Å²) in [5.41, 5.74) is 1.45. The number of nitrogens with zero attached hydrogens (tertiary/aromatic N) is 1. The molecule has 1 amide bonds. The van der Waals surface area contributed by atoms with E-state index in [1.54, 1.807) is 42.5 Å². The highest BCUT2D eigenvalue weighted by molar-refractivity contribution is 9.11. The van der Waals surface area contributed by atoms with Crippen molar-refractivity contribution in [2.24, 2.45) is 0 Å². The number of thioether (sulfide) groups is 1. The Labute approximate surface area is 169 Å². The number of amides is 1. The minimum Gasteiger partial charge on any atom is -0.506 e. The van der Waals surface area contributed by atoms with Crippen LogP contribution in [-0.4, -0.2) is 15.3 Å². The second-order valence-electron chi connectivity index (χ2n) is 4.83. The Hall–Kier alpha value is -0.860. The molecule has 3 nitrogen and oxygen atoms in total. The van der Waals surface area contributed by atoms with Crippen LogP contribution in [0.3, 0.4) is 0 Å². The van der Waals surface area contributed by atoms with Gasteiger partial charge in [0.05, 0.1) is 19.5 Å². The molecule has 1 heterocycles. The highest BCUT2D eigenvalue weighted by atomic mass is 79.9. The fraction of sp³-hybridized carbons (Fsp3) is 0. The van der Waals surface area contributed by atoms with Crippen molar-refractivity contribution < 1.29 is 9.90 Å². The zero-order valence-corrected chi connectivity index (χ0v) is 17.4. The van der Waals surface area contributed by atoms with E-state index in [1.165, 1.54) is 16.7 Å². The third kappa shape index (κ3) is 3.55. The highest BCUT2D eigenvalue weighted by Gasteiger charge is 2.33. The first-order valence-electron chi connectivity index (χ1n) is 6.58. The Morgan fingerprint density at radius 3 is 2.33 bits per heavy atom. The second kappa shape index (κ2) is 7.17. The molecule has 0 saturated carbocycles. The first kappa shape index (κ1) is 17.9. The van der Waals surface area contributed by atoms with Crippen LogP contribution in [0, 0.1) is 0 Å².